The lowest BCUT2D eigenvalue weighted by molar-refractivity contribution is -0.143. The van der Waals surface area contributed by atoms with E-state index in [-0.39, 0.29) is 17.3 Å². The zero-order chi connectivity index (χ0) is 18.1. The molecule has 0 aliphatic carbocycles. The van der Waals surface area contributed by atoms with Crippen molar-refractivity contribution in [3.8, 4) is 0 Å². The number of benzene rings is 1. The van der Waals surface area contributed by atoms with Gasteiger partial charge in [-0.3, -0.25) is 9.59 Å². The summed E-state index contributed by atoms with van der Waals surface area (Å²) in [5, 5.41) is 1.96. The third-order valence-electron chi connectivity index (χ3n) is 4.04. The second-order valence-corrected chi connectivity index (χ2v) is 6.94. The van der Waals surface area contributed by atoms with Gasteiger partial charge in [-0.1, -0.05) is 24.6 Å². The number of carbonyl (C=O) groups is 2. The van der Waals surface area contributed by atoms with Crippen LogP contribution in [0, 0.1) is 0 Å². The number of ether oxygens (including phenoxy) is 1. The van der Waals surface area contributed by atoms with Crippen LogP contribution in [0.5, 0.6) is 0 Å². The number of Topliss-reactive ketones (excluding diaryl/α,β-unsaturated/α-hetero) is 1. The highest BCUT2D eigenvalue weighted by Crippen LogP contribution is 2.27. The molecule has 1 unspecified atom stereocenters. The molecule has 0 spiro atoms. The van der Waals surface area contributed by atoms with Gasteiger partial charge in [0.15, 0.2) is 5.78 Å². The van der Waals surface area contributed by atoms with Crippen LogP contribution < -0.4 is 10.6 Å². The largest absolute Gasteiger partial charge is 0.466 e. The van der Waals surface area contributed by atoms with Crippen LogP contribution in [0.1, 0.15) is 55.8 Å². The molecule has 2 rings (SSSR count). The maximum atomic E-state index is 12.2. The van der Waals surface area contributed by atoms with Crippen molar-refractivity contribution in [2.24, 2.45) is 5.73 Å². The first-order valence-corrected chi connectivity index (χ1v) is 9.71. The molecule has 25 heavy (non-hydrogen) atoms. The Hall–Kier alpha value is -1.79. The highest BCUT2D eigenvalue weighted by molar-refractivity contribution is 8.03. The number of anilines is 1. The van der Waals surface area contributed by atoms with Crippen molar-refractivity contribution < 1.29 is 14.3 Å². The molecule has 6 heteroatoms. The summed E-state index contributed by atoms with van der Waals surface area (Å²) in [4.78, 5) is 25.4. The van der Waals surface area contributed by atoms with Crippen LogP contribution in [0.15, 0.2) is 35.9 Å². The zero-order valence-corrected chi connectivity index (χ0v) is 15.5. The third kappa shape index (κ3) is 6.21. The highest BCUT2D eigenvalue weighted by Gasteiger charge is 2.17. The van der Waals surface area contributed by atoms with Crippen LogP contribution >= 0.6 is 11.8 Å². The SMILES string of the molecule is CCOC(=O)CCCCCCC(=O)c1ccc(N2C=CSC2N)cc1. The predicted molar refractivity (Wildman–Crippen MR) is 102 cm³/mol. The van der Waals surface area contributed by atoms with Gasteiger partial charge in [0.2, 0.25) is 0 Å². The smallest absolute Gasteiger partial charge is 0.305 e. The van der Waals surface area contributed by atoms with Crippen molar-refractivity contribution in [1.29, 1.82) is 0 Å². The van der Waals surface area contributed by atoms with Crippen molar-refractivity contribution in [3.05, 3.63) is 41.4 Å². The molecular weight excluding hydrogens is 336 g/mol. The van der Waals surface area contributed by atoms with Crippen LogP contribution in [0.3, 0.4) is 0 Å². The average molecular weight is 362 g/mol. The summed E-state index contributed by atoms with van der Waals surface area (Å²) in [6.45, 7) is 2.25. The fourth-order valence-electron chi connectivity index (χ4n) is 2.67. The first-order valence-electron chi connectivity index (χ1n) is 8.76. The Morgan fingerprint density at radius 2 is 1.80 bits per heavy atom. The number of nitrogens with zero attached hydrogens (tertiary/aromatic N) is 1. The number of esters is 1. The Kier molecular flexibility index (Phi) is 8.01. The minimum Gasteiger partial charge on any atom is -0.466 e. The van der Waals surface area contributed by atoms with Crippen LogP contribution in [-0.2, 0) is 9.53 Å². The van der Waals surface area contributed by atoms with E-state index in [0.29, 0.717) is 19.4 Å². The van der Waals surface area contributed by atoms with Gasteiger partial charge in [0, 0.05) is 30.3 Å². The lowest BCUT2D eigenvalue weighted by Gasteiger charge is -2.21. The molecule has 1 aromatic rings. The standard InChI is InChI=1S/C19H26N2O3S/c1-2-24-18(23)8-6-4-3-5-7-17(22)15-9-11-16(12-10-15)21-13-14-25-19(21)20/h9-14,19H,2-8,20H2,1H3. The predicted octanol–water partition coefficient (Wildman–Crippen LogP) is 4.04. The van der Waals surface area contributed by atoms with Gasteiger partial charge >= 0.3 is 5.97 Å². The van der Waals surface area contributed by atoms with E-state index in [1.54, 1.807) is 11.8 Å². The summed E-state index contributed by atoms with van der Waals surface area (Å²) in [6.07, 6.45) is 6.52. The second-order valence-electron chi connectivity index (χ2n) is 5.91. The van der Waals surface area contributed by atoms with Crippen molar-refractivity contribution in [1.82, 2.24) is 0 Å². The fourth-order valence-corrected chi connectivity index (χ4v) is 3.36. The maximum Gasteiger partial charge on any atom is 0.305 e. The lowest BCUT2D eigenvalue weighted by atomic mass is 10.0. The van der Waals surface area contributed by atoms with E-state index >= 15 is 0 Å². The van der Waals surface area contributed by atoms with Crippen molar-refractivity contribution >= 4 is 29.2 Å². The summed E-state index contributed by atoms with van der Waals surface area (Å²) < 4.78 is 4.89. The molecule has 1 aliphatic heterocycles. The number of rotatable bonds is 10. The van der Waals surface area contributed by atoms with Gasteiger partial charge in [-0.2, -0.15) is 0 Å². The number of unbranched alkanes of at least 4 members (excludes halogenated alkanes) is 3. The molecule has 0 aromatic heterocycles. The lowest BCUT2D eigenvalue weighted by Crippen LogP contribution is -2.32. The van der Waals surface area contributed by atoms with Crippen LogP contribution in [0.2, 0.25) is 0 Å². The Morgan fingerprint density at radius 1 is 1.12 bits per heavy atom. The Morgan fingerprint density at radius 3 is 2.40 bits per heavy atom. The molecule has 0 radical (unpaired) electrons. The molecule has 2 N–H and O–H groups in total. The van der Waals surface area contributed by atoms with Crippen LogP contribution in [0.25, 0.3) is 0 Å². The number of hydrogen-bond acceptors (Lipinski definition) is 6. The Labute approximate surface area is 153 Å². The number of hydrogen-bond donors (Lipinski definition) is 1. The molecule has 1 aromatic carbocycles. The molecule has 0 bridgehead atoms. The summed E-state index contributed by atoms with van der Waals surface area (Å²) in [6, 6.07) is 7.59. The monoisotopic (exact) mass is 362 g/mol. The van der Waals surface area contributed by atoms with E-state index in [4.69, 9.17) is 10.5 Å². The normalized spacial score (nSPS) is 16.2. The molecule has 0 fully saturated rings. The number of nitrogens with two attached hydrogens (primary N) is 1. The van der Waals surface area contributed by atoms with E-state index in [1.807, 2.05) is 47.7 Å². The average Bonchev–Trinajstić information content (AvgIpc) is 3.04. The fraction of sp³-hybridized carbons (Fsp3) is 0.474. The Bertz CT molecular complexity index is 601. The van der Waals surface area contributed by atoms with E-state index in [1.165, 1.54) is 0 Å². The first-order chi connectivity index (χ1) is 12.1. The second kappa shape index (κ2) is 10.3. The van der Waals surface area contributed by atoms with Crippen molar-refractivity contribution in [2.45, 2.75) is 50.9 Å². The first kappa shape index (κ1) is 19.5. The molecule has 1 atom stereocenters. The molecule has 5 nitrogen and oxygen atoms in total. The third-order valence-corrected chi connectivity index (χ3v) is 4.83. The quantitative estimate of drug-likeness (QED) is 0.385. The van der Waals surface area contributed by atoms with Crippen LogP contribution in [-0.4, -0.2) is 23.9 Å². The summed E-state index contributed by atoms with van der Waals surface area (Å²) in [5.74, 6) is 0.0252. The maximum absolute atomic E-state index is 12.2. The molecule has 1 heterocycles. The van der Waals surface area contributed by atoms with Gasteiger partial charge < -0.3 is 15.4 Å². The van der Waals surface area contributed by atoms with Gasteiger partial charge in [-0.15, -0.1) is 0 Å². The molecule has 0 saturated heterocycles. The van der Waals surface area contributed by atoms with Crippen molar-refractivity contribution in [3.63, 3.8) is 0 Å². The van der Waals surface area contributed by atoms with Gasteiger partial charge in [-0.25, -0.2) is 0 Å². The number of thioether (sulfide) groups is 1. The highest BCUT2D eigenvalue weighted by atomic mass is 32.2. The minimum atomic E-state index is -0.135. The minimum absolute atomic E-state index is 0.101. The summed E-state index contributed by atoms with van der Waals surface area (Å²) in [5.41, 5.74) is 7.61. The molecule has 0 amide bonds. The topological polar surface area (TPSA) is 72.6 Å². The summed E-state index contributed by atoms with van der Waals surface area (Å²) in [7, 11) is 0. The van der Waals surface area contributed by atoms with Gasteiger partial charge in [0.05, 0.1) is 6.61 Å². The van der Waals surface area contributed by atoms with Crippen molar-refractivity contribution in [2.75, 3.05) is 11.5 Å². The summed E-state index contributed by atoms with van der Waals surface area (Å²) >= 11 is 1.56. The molecule has 0 saturated carbocycles. The van der Waals surface area contributed by atoms with Gasteiger partial charge in [-0.05, 0) is 49.4 Å². The Balaban J connectivity index is 1.67. The molecule has 136 valence electrons. The van der Waals surface area contributed by atoms with E-state index < -0.39 is 0 Å². The van der Waals surface area contributed by atoms with Crippen LogP contribution in [0.4, 0.5) is 5.69 Å². The van der Waals surface area contributed by atoms with Gasteiger partial charge in [0.1, 0.15) is 5.50 Å². The molecular formula is C19H26N2O3S. The molecule has 1 aliphatic rings. The number of ketones is 1. The van der Waals surface area contributed by atoms with E-state index in [0.717, 1.165) is 36.9 Å². The van der Waals surface area contributed by atoms with E-state index in [2.05, 4.69) is 0 Å². The zero-order valence-electron chi connectivity index (χ0n) is 14.6. The van der Waals surface area contributed by atoms with Gasteiger partial charge in [0.25, 0.3) is 0 Å². The van der Waals surface area contributed by atoms with E-state index in [9.17, 15) is 9.59 Å². The number of carbonyl (C=O) groups excluding carboxylic acids is 2.